The standard InChI is InChI=1S/C21H19IN6O2/c1-28(22)7-6-25-19-9-15(4-5-24-19)21(29)27-20-10-17-8-14(18-12-23-13-30-18)2-3-16(17)11-26-20/h2-5,8-13H,6-7H2,1H3,(H,24,25)(H,26,27,29). The van der Waals surface area contributed by atoms with E-state index in [1.807, 2.05) is 34.4 Å². The van der Waals surface area contributed by atoms with Crippen LogP contribution in [0.1, 0.15) is 10.4 Å². The van der Waals surface area contributed by atoms with Gasteiger partial charge in [-0.15, -0.1) is 0 Å². The van der Waals surface area contributed by atoms with Gasteiger partial charge in [-0.05, 0) is 36.7 Å². The summed E-state index contributed by atoms with van der Waals surface area (Å²) in [6.07, 6.45) is 6.41. The zero-order valence-electron chi connectivity index (χ0n) is 16.2. The van der Waals surface area contributed by atoms with E-state index >= 15 is 0 Å². The third-order valence-corrected chi connectivity index (χ3v) is 4.91. The lowest BCUT2D eigenvalue weighted by molar-refractivity contribution is 0.102. The van der Waals surface area contributed by atoms with Gasteiger partial charge in [0.05, 0.1) is 6.20 Å². The third kappa shape index (κ3) is 4.92. The second-order valence-corrected chi connectivity index (χ2v) is 8.28. The molecule has 8 nitrogen and oxygen atoms in total. The fourth-order valence-corrected chi connectivity index (χ4v) is 3.16. The van der Waals surface area contributed by atoms with E-state index in [2.05, 4.69) is 48.5 Å². The minimum Gasteiger partial charge on any atom is -0.444 e. The average Bonchev–Trinajstić information content (AvgIpc) is 3.28. The number of amides is 1. The van der Waals surface area contributed by atoms with Gasteiger partial charge < -0.3 is 15.1 Å². The van der Waals surface area contributed by atoms with Gasteiger partial charge in [0.2, 0.25) is 0 Å². The first kappa shape index (κ1) is 20.2. The highest BCUT2D eigenvalue weighted by molar-refractivity contribution is 14.1. The Hall–Kier alpha value is -3.05. The molecule has 0 atom stereocenters. The Kier molecular flexibility index (Phi) is 6.19. The molecule has 2 N–H and O–H groups in total. The maximum Gasteiger partial charge on any atom is 0.257 e. The topological polar surface area (TPSA) is 96.2 Å². The Labute approximate surface area is 187 Å². The quantitative estimate of drug-likeness (QED) is 0.282. The van der Waals surface area contributed by atoms with E-state index in [-0.39, 0.29) is 5.91 Å². The molecule has 0 bridgehead atoms. The fraction of sp³-hybridized carbons (Fsp3) is 0.143. The number of likely N-dealkylation sites (N-methyl/N-ethyl adjacent to an activating group) is 1. The maximum atomic E-state index is 12.7. The number of hydrogen-bond acceptors (Lipinski definition) is 7. The van der Waals surface area contributed by atoms with Gasteiger partial charge in [0.25, 0.3) is 5.91 Å². The van der Waals surface area contributed by atoms with Crippen LogP contribution in [0.15, 0.2) is 65.8 Å². The van der Waals surface area contributed by atoms with Crippen LogP contribution in [-0.2, 0) is 0 Å². The average molecular weight is 514 g/mol. The lowest BCUT2D eigenvalue weighted by atomic mass is 10.1. The first-order valence-electron chi connectivity index (χ1n) is 9.25. The van der Waals surface area contributed by atoms with Crippen LogP contribution in [0.25, 0.3) is 22.1 Å². The van der Waals surface area contributed by atoms with Gasteiger partial charge in [-0.25, -0.2) is 18.1 Å². The van der Waals surface area contributed by atoms with Crippen molar-refractivity contribution in [2.24, 2.45) is 0 Å². The van der Waals surface area contributed by atoms with E-state index in [4.69, 9.17) is 4.42 Å². The number of carbonyl (C=O) groups is 1. The molecule has 3 heterocycles. The number of halogens is 1. The van der Waals surface area contributed by atoms with E-state index < -0.39 is 0 Å². The van der Waals surface area contributed by atoms with Crippen LogP contribution in [0.2, 0.25) is 0 Å². The van der Waals surface area contributed by atoms with Crippen LogP contribution in [0.4, 0.5) is 11.6 Å². The van der Waals surface area contributed by atoms with E-state index in [0.29, 0.717) is 23.0 Å². The molecule has 0 radical (unpaired) electrons. The van der Waals surface area contributed by atoms with Crippen molar-refractivity contribution in [2.75, 3.05) is 30.8 Å². The van der Waals surface area contributed by atoms with E-state index in [0.717, 1.165) is 29.4 Å². The summed E-state index contributed by atoms with van der Waals surface area (Å²) in [6.45, 7) is 1.59. The molecule has 1 aromatic carbocycles. The number of carbonyl (C=O) groups excluding carboxylic acids is 1. The van der Waals surface area contributed by atoms with Crippen LogP contribution in [0.3, 0.4) is 0 Å². The van der Waals surface area contributed by atoms with Gasteiger partial charge in [0, 0.05) is 64.9 Å². The second kappa shape index (κ2) is 9.18. The van der Waals surface area contributed by atoms with Gasteiger partial charge in [-0.1, -0.05) is 12.1 Å². The molecule has 0 aliphatic rings. The van der Waals surface area contributed by atoms with Crippen LogP contribution < -0.4 is 10.6 Å². The smallest absolute Gasteiger partial charge is 0.257 e. The molecule has 3 aromatic heterocycles. The molecule has 0 spiro atoms. The first-order valence-corrected chi connectivity index (χ1v) is 10.2. The normalized spacial score (nSPS) is 11.0. The molecule has 1 amide bonds. The minimum absolute atomic E-state index is 0.246. The Balaban J connectivity index is 1.50. The highest BCUT2D eigenvalue weighted by Gasteiger charge is 2.10. The second-order valence-electron chi connectivity index (χ2n) is 6.64. The number of benzene rings is 1. The highest BCUT2D eigenvalue weighted by Crippen LogP contribution is 2.25. The Morgan fingerprint density at radius 1 is 1.10 bits per heavy atom. The number of nitrogens with zero attached hydrogens (tertiary/aromatic N) is 4. The van der Waals surface area contributed by atoms with Crippen LogP contribution in [-0.4, -0.2) is 44.1 Å². The number of oxazole rings is 1. The number of nitrogens with one attached hydrogen (secondary N) is 2. The predicted octanol–water partition coefficient (Wildman–Crippen LogP) is 4.23. The number of aromatic nitrogens is 3. The zero-order valence-corrected chi connectivity index (χ0v) is 18.3. The number of rotatable bonds is 7. The van der Waals surface area contributed by atoms with Crippen molar-refractivity contribution in [3.63, 3.8) is 0 Å². The summed E-state index contributed by atoms with van der Waals surface area (Å²) in [4.78, 5) is 25.3. The summed E-state index contributed by atoms with van der Waals surface area (Å²) >= 11 is 2.22. The number of pyridine rings is 2. The summed E-state index contributed by atoms with van der Waals surface area (Å²) in [5.74, 6) is 1.57. The summed E-state index contributed by atoms with van der Waals surface area (Å²) in [5, 5.41) is 7.97. The van der Waals surface area contributed by atoms with Gasteiger partial charge in [0.15, 0.2) is 12.2 Å². The molecule has 0 aliphatic carbocycles. The first-order chi connectivity index (χ1) is 14.6. The van der Waals surface area contributed by atoms with Crippen molar-refractivity contribution >= 4 is 51.2 Å². The van der Waals surface area contributed by atoms with Crippen LogP contribution in [0.5, 0.6) is 0 Å². The van der Waals surface area contributed by atoms with Crippen molar-refractivity contribution in [1.82, 2.24) is 18.1 Å². The summed E-state index contributed by atoms with van der Waals surface area (Å²) in [7, 11) is 1.99. The van der Waals surface area contributed by atoms with Gasteiger partial charge in [-0.2, -0.15) is 0 Å². The van der Waals surface area contributed by atoms with Crippen molar-refractivity contribution in [2.45, 2.75) is 0 Å². The molecule has 152 valence electrons. The highest BCUT2D eigenvalue weighted by atomic mass is 127. The largest absolute Gasteiger partial charge is 0.444 e. The molecule has 30 heavy (non-hydrogen) atoms. The van der Waals surface area contributed by atoms with Gasteiger partial charge in [-0.3, -0.25) is 4.79 Å². The molecular weight excluding hydrogens is 495 g/mol. The Morgan fingerprint density at radius 2 is 2.00 bits per heavy atom. The van der Waals surface area contributed by atoms with E-state index in [1.165, 1.54) is 6.39 Å². The lowest BCUT2D eigenvalue weighted by Crippen LogP contribution is -2.17. The molecule has 0 aliphatic heterocycles. The van der Waals surface area contributed by atoms with Crippen LogP contribution in [0, 0.1) is 0 Å². The van der Waals surface area contributed by atoms with Crippen molar-refractivity contribution in [3.8, 4) is 11.3 Å². The maximum absolute atomic E-state index is 12.7. The van der Waals surface area contributed by atoms with Crippen molar-refractivity contribution in [3.05, 3.63) is 66.9 Å². The van der Waals surface area contributed by atoms with Crippen LogP contribution >= 0.6 is 22.9 Å². The summed E-state index contributed by atoms with van der Waals surface area (Å²) in [6, 6.07) is 11.1. The number of fused-ring (bicyclic) bond motifs is 1. The molecule has 9 heteroatoms. The minimum atomic E-state index is -0.246. The van der Waals surface area contributed by atoms with Crippen molar-refractivity contribution in [1.29, 1.82) is 0 Å². The summed E-state index contributed by atoms with van der Waals surface area (Å²) in [5.41, 5.74) is 1.41. The molecule has 0 unspecified atom stereocenters. The molecule has 4 rings (SSSR count). The molecule has 0 saturated heterocycles. The number of hydrogen-bond donors (Lipinski definition) is 2. The molecule has 4 aromatic rings. The zero-order chi connectivity index (χ0) is 20.9. The van der Waals surface area contributed by atoms with Gasteiger partial charge in [0.1, 0.15) is 11.6 Å². The lowest BCUT2D eigenvalue weighted by Gasteiger charge is -2.10. The SMILES string of the molecule is CN(I)CCNc1cc(C(=O)Nc2cc3cc(-c4cnco4)ccc3cn2)ccn1. The number of anilines is 2. The monoisotopic (exact) mass is 514 g/mol. The Bertz CT molecular complexity index is 1160. The molecular formula is C21H19IN6O2. The van der Waals surface area contributed by atoms with Gasteiger partial charge >= 0.3 is 0 Å². The third-order valence-electron chi connectivity index (χ3n) is 4.43. The van der Waals surface area contributed by atoms with E-state index in [1.54, 1.807) is 30.7 Å². The molecule has 0 saturated carbocycles. The Morgan fingerprint density at radius 3 is 2.80 bits per heavy atom. The predicted molar refractivity (Wildman–Crippen MR) is 125 cm³/mol. The van der Waals surface area contributed by atoms with E-state index in [9.17, 15) is 4.79 Å². The molecule has 0 fully saturated rings. The van der Waals surface area contributed by atoms with Crippen molar-refractivity contribution < 1.29 is 9.21 Å². The fourth-order valence-electron chi connectivity index (χ4n) is 2.92. The summed E-state index contributed by atoms with van der Waals surface area (Å²) < 4.78 is 7.40.